The first-order valence-electron chi connectivity index (χ1n) is 11.2. The van der Waals surface area contributed by atoms with Gasteiger partial charge in [0, 0.05) is 37.6 Å². The summed E-state index contributed by atoms with van der Waals surface area (Å²) in [4.78, 5) is 18.4. The second-order valence-corrected chi connectivity index (χ2v) is 7.99. The highest BCUT2D eigenvalue weighted by Gasteiger charge is 2.21. The molecule has 2 aromatic rings. The third-order valence-corrected chi connectivity index (χ3v) is 5.67. The molecule has 1 aromatic carbocycles. The van der Waals surface area contributed by atoms with Crippen molar-refractivity contribution in [3.63, 3.8) is 0 Å². The van der Waals surface area contributed by atoms with Crippen LogP contribution in [-0.4, -0.2) is 48.1 Å². The van der Waals surface area contributed by atoms with Gasteiger partial charge in [-0.3, -0.25) is 9.78 Å². The summed E-state index contributed by atoms with van der Waals surface area (Å²) in [6.45, 7) is 8.02. The number of amides is 1. The molecule has 29 heavy (non-hydrogen) atoms. The van der Waals surface area contributed by atoms with Crippen molar-refractivity contribution in [3.8, 4) is 5.75 Å². The van der Waals surface area contributed by atoms with Crippen molar-refractivity contribution in [2.75, 3.05) is 26.2 Å². The largest absolute Gasteiger partial charge is 0.488 e. The number of unbranched alkanes of at least 4 members (excludes halogenated alkanes) is 1. The van der Waals surface area contributed by atoms with Crippen molar-refractivity contribution in [2.45, 2.75) is 64.9 Å². The summed E-state index contributed by atoms with van der Waals surface area (Å²) < 4.78 is 6.46. The third-order valence-electron chi connectivity index (χ3n) is 5.67. The van der Waals surface area contributed by atoms with Crippen LogP contribution in [0.3, 0.4) is 0 Å². The summed E-state index contributed by atoms with van der Waals surface area (Å²) in [5.41, 5.74) is 2.32. The summed E-state index contributed by atoms with van der Waals surface area (Å²) in [6, 6.07) is 8.58. The maximum absolute atomic E-state index is 11.3. The van der Waals surface area contributed by atoms with Crippen molar-refractivity contribution in [2.24, 2.45) is 0 Å². The van der Waals surface area contributed by atoms with Gasteiger partial charge in [-0.05, 0) is 62.4 Å². The first-order chi connectivity index (χ1) is 14.2. The Morgan fingerprint density at radius 3 is 2.83 bits per heavy atom. The van der Waals surface area contributed by atoms with Gasteiger partial charge in [-0.25, -0.2) is 0 Å². The Kier molecular flexibility index (Phi) is 8.29. The summed E-state index contributed by atoms with van der Waals surface area (Å²) in [6.07, 6.45) is 9.22. The molecule has 0 bridgehead atoms. The highest BCUT2D eigenvalue weighted by atomic mass is 16.5. The SMILES string of the molecule is CCCCc1cc(OC2CCN(CCCNC(=O)CC)CC2)c2ncccc2c1. The molecular weight excluding hydrogens is 362 g/mol. The monoisotopic (exact) mass is 397 g/mol. The van der Waals surface area contributed by atoms with Crippen molar-refractivity contribution >= 4 is 16.8 Å². The van der Waals surface area contributed by atoms with Gasteiger partial charge in [0.05, 0.1) is 0 Å². The molecule has 1 aliphatic heterocycles. The van der Waals surface area contributed by atoms with Crippen LogP contribution >= 0.6 is 0 Å². The summed E-state index contributed by atoms with van der Waals surface area (Å²) in [5.74, 6) is 1.08. The maximum atomic E-state index is 11.3. The Balaban J connectivity index is 1.53. The van der Waals surface area contributed by atoms with E-state index in [1.165, 1.54) is 23.8 Å². The summed E-state index contributed by atoms with van der Waals surface area (Å²) in [7, 11) is 0. The average Bonchev–Trinajstić information content (AvgIpc) is 2.76. The minimum Gasteiger partial charge on any atom is -0.488 e. The number of carbonyl (C=O) groups is 1. The van der Waals surface area contributed by atoms with Crippen LogP contribution in [0.1, 0.15) is 57.9 Å². The highest BCUT2D eigenvalue weighted by Crippen LogP contribution is 2.29. The van der Waals surface area contributed by atoms with E-state index in [1.54, 1.807) is 0 Å². The van der Waals surface area contributed by atoms with E-state index >= 15 is 0 Å². The number of piperidine rings is 1. The zero-order valence-electron chi connectivity index (χ0n) is 18.0. The lowest BCUT2D eigenvalue weighted by Crippen LogP contribution is -2.39. The van der Waals surface area contributed by atoms with E-state index in [9.17, 15) is 4.79 Å². The molecule has 1 saturated heterocycles. The van der Waals surface area contributed by atoms with Crippen LogP contribution in [0.25, 0.3) is 10.9 Å². The van der Waals surface area contributed by atoms with Gasteiger partial charge >= 0.3 is 0 Å². The topological polar surface area (TPSA) is 54.5 Å². The number of carbonyl (C=O) groups excluding carboxylic acids is 1. The number of hydrogen-bond acceptors (Lipinski definition) is 4. The Bertz CT molecular complexity index is 785. The van der Waals surface area contributed by atoms with Crippen LogP contribution in [0.5, 0.6) is 5.75 Å². The predicted molar refractivity (Wildman–Crippen MR) is 118 cm³/mol. The molecule has 1 aliphatic rings. The fourth-order valence-electron chi connectivity index (χ4n) is 3.92. The number of fused-ring (bicyclic) bond motifs is 1. The first-order valence-corrected chi connectivity index (χ1v) is 11.2. The fourth-order valence-corrected chi connectivity index (χ4v) is 3.92. The number of aryl methyl sites for hydroxylation is 1. The lowest BCUT2D eigenvalue weighted by atomic mass is 10.0. The lowest BCUT2D eigenvalue weighted by molar-refractivity contribution is -0.120. The zero-order valence-corrected chi connectivity index (χ0v) is 18.0. The highest BCUT2D eigenvalue weighted by molar-refractivity contribution is 5.85. The third kappa shape index (κ3) is 6.43. The predicted octanol–water partition coefficient (Wildman–Crippen LogP) is 4.34. The second-order valence-electron chi connectivity index (χ2n) is 7.99. The molecule has 0 saturated carbocycles. The molecule has 0 spiro atoms. The maximum Gasteiger partial charge on any atom is 0.219 e. The van der Waals surface area contributed by atoms with Crippen molar-refractivity contribution in [3.05, 3.63) is 36.0 Å². The van der Waals surface area contributed by atoms with Crippen LogP contribution in [0, 0.1) is 0 Å². The first kappa shape index (κ1) is 21.6. The molecule has 0 radical (unpaired) electrons. The van der Waals surface area contributed by atoms with E-state index in [0.717, 1.165) is 63.1 Å². The van der Waals surface area contributed by atoms with Gasteiger partial charge in [-0.15, -0.1) is 0 Å². The second kappa shape index (κ2) is 11.1. The van der Waals surface area contributed by atoms with Gasteiger partial charge in [0.2, 0.25) is 5.91 Å². The summed E-state index contributed by atoms with van der Waals surface area (Å²) >= 11 is 0. The van der Waals surface area contributed by atoms with E-state index in [0.29, 0.717) is 6.42 Å². The normalized spacial score (nSPS) is 15.5. The standard InChI is InChI=1S/C24H35N3O2/c1-3-5-8-19-17-20-9-6-12-26-24(20)22(18-19)29-21-10-15-27(16-11-21)14-7-13-25-23(28)4-2/h6,9,12,17-18,21H,3-5,7-8,10-11,13-16H2,1-2H3,(H,25,28). The molecular formula is C24H35N3O2. The molecule has 1 N–H and O–H groups in total. The van der Waals surface area contributed by atoms with Crippen LogP contribution in [0.2, 0.25) is 0 Å². The van der Waals surface area contributed by atoms with Gasteiger partial charge in [0.15, 0.2) is 0 Å². The van der Waals surface area contributed by atoms with E-state index in [1.807, 2.05) is 19.2 Å². The van der Waals surface area contributed by atoms with Crippen molar-refractivity contribution in [1.82, 2.24) is 15.2 Å². The molecule has 158 valence electrons. The number of benzene rings is 1. The smallest absolute Gasteiger partial charge is 0.219 e. The number of rotatable bonds is 10. The number of aromatic nitrogens is 1. The number of hydrogen-bond donors (Lipinski definition) is 1. The van der Waals surface area contributed by atoms with E-state index in [4.69, 9.17) is 4.74 Å². The molecule has 3 rings (SSSR count). The number of ether oxygens (including phenoxy) is 1. The van der Waals surface area contributed by atoms with Crippen LogP contribution < -0.4 is 10.1 Å². The average molecular weight is 398 g/mol. The van der Waals surface area contributed by atoms with Crippen LogP contribution in [0.4, 0.5) is 0 Å². The fraction of sp³-hybridized carbons (Fsp3) is 0.583. The number of likely N-dealkylation sites (tertiary alicyclic amines) is 1. The number of nitrogens with zero attached hydrogens (tertiary/aromatic N) is 2. The van der Waals surface area contributed by atoms with Gasteiger partial charge in [0.1, 0.15) is 17.4 Å². The van der Waals surface area contributed by atoms with E-state index in [2.05, 4.69) is 40.3 Å². The Hall–Kier alpha value is -2.14. The van der Waals surface area contributed by atoms with Crippen LogP contribution in [0.15, 0.2) is 30.5 Å². The molecule has 0 aliphatic carbocycles. The Morgan fingerprint density at radius 2 is 2.07 bits per heavy atom. The molecule has 1 aromatic heterocycles. The van der Waals surface area contributed by atoms with Crippen molar-refractivity contribution < 1.29 is 9.53 Å². The zero-order chi connectivity index (χ0) is 20.5. The Labute approximate surface area is 174 Å². The molecule has 0 atom stereocenters. The molecule has 5 heteroatoms. The molecule has 2 heterocycles. The van der Waals surface area contributed by atoms with Gasteiger partial charge in [0.25, 0.3) is 0 Å². The summed E-state index contributed by atoms with van der Waals surface area (Å²) in [5, 5.41) is 4.12. The number of nitrogens with one attached hydrogen (secondary N) is 1. The van der Waals surface area contributed by atoms with E-state index < -0.39 is 0 Å². The quantitative estimate of drug-likeness (QED) is 0.606. The molecule has 1 fully saturated rings. The van der Waals surface area contributed by atoms with Crippen molar-refractivity contribution in [1.29, 1.82) is 0 Å². The van der Waals surface area contributed by atoms with Gasteiger partial charge < -0.3 is 15.0 Å². The molecule has 1 amide bonds. The van der Waals surface area contributed by atoms with Crippen LogP contribution in [-0.2, 0) is 11.2 Å². The lowest BCUT2D eigenvalue weighted by Gasteiger charge is -2.32. The van der Waals surface area contributed by atoms with Gasteiger partial charge in [-0.2, -0.15) is 0 Å². The molecule has 0 unspecified atom stereocenters. The van der Waals surface area contributed by atoms with E-state index in [-0.39, 0.29) is 12.0 Å². The number of pyridine rings is 1. The minimum absolute atomic E-state index is 0.138. The van der Waals surface area contributed by atoms with Gasteiger partial charge in [-0.1, -0.05) is 26.3 Å². The minimum atomic E-state index is 0.138. The Morgan fingerprint density at radius 1 is 1.24 bits per heavy atom. The molecule has 5 nitrogen and oxygen atoms in total.